The number of rotatable bonds is 1. The van der Waals surface area contributed by atoms with Gasteiger partial charge in [-0.25, -0.2) is 9.59 Å². The van der Waals surface area contributed by atoms with Crippen LogP contribution in [0, 0.1) is 0 Å². The van der Waals surface area contributed by atoms with Crippen molar-refractivity contribution in [3.8, 4) is 17.2 Å². The fraction of sp³-hybridized carbons (Fsp3) is 0.0400. The van der Waals surface area contributed by atoms with Crippen LogP contribution in [0.4, 0.5) is 0 Å². The molecule has 0 saturated heterocycles. The molecule has 1 N–H and O–H groups in total. The van der Waals surface area contributed by atoms with Crippen LogP contribution in [0.25, 0.3) is 21.9 Å². The van der Waals surface area contributed by atoms with E-state index < -0.39 is 17.2 Å². The number of hydrogen-bond acceptors (Lipinski definition) is 6. The summed E-state index contributed by atoms with van der Waals surface area (Å²) in [6.07, 6.45) is 0. The van der Waals surface area contributed by atoms with E-state index in [9.17, 15) is 14.7 Å². The van der Waals surface area contributed by atoms with Crippen LogP contribution in [-0.4, -0.2) is 5.11 Å². The van der Waals surface area contributed by atoms with Crippen molar-refractivity contribution in [3.05, 3.63) is 110 Å². The van der Waals surface area contributed by atoms with Gasteiger partial charge in [0.1, 0.15) is 28.4 Å². The molecule has 3 aromatic carbocycles. The van der Waals surface area contributed by atoms with Gasteiger partial charge in [0.2, 0.25) is 0 Å². The first-order valence-electron chi connectivity index (χ1n) is 9.70. The molecule has 31 heavy (non-hydrogen) atoms. The lowest BCUT2D eigenvalue weighted by Crippen LogP contribution is -2.25. The summed E-state index contributed by atoms with van der Waals surface area (Å²) in [6.45, 7) is 0. The molecular weight excluding hydrogens is 396 g/mol. The highest BCUT2D eigenvalue weighted by molar-refractivity contribution is 5.90. The van der Waals surface area contributed by atoms with Crippen molar-refractivity contribution in [1.29, 1.82) is 0 Å². The molecule has 3 heterocycles. The highest BCUT2D eigenvalue weighted by Crippen LogP contribution is 2.49. The highest BCUT2D eigenvalue weighted by atomic mass is 16.5. The molecule has 5 aromatic rings. The summed E-state index contributed by atoms with van der Waals surface area (Å²) >= 11 is 0. The van der Waals surface area contributed by atoms with Crippen molar-refractivity contribution in [3.63, 3.8) is 0 Å². The number of para-hydroxylation sites is 2. The van der Waals surface area contributed by atoms with E-state index in [4.69, 9.17) is 13.6 Å². The number of ether oxygens (including phenoxy) is 1. The van der Waals surface area contributed by atoms with Gasteiger partial charge in [-0.05, 0) is 42.0 Å². The van der Waals surface area contributed by atoms with Gasteiger partial charge in [0.25, 0.3) is 0 Å². The van der Waals surface area contributed by atoms with E-state index in [2.05, 4.69) is 0 Å². The molecule has 0 radical (unpaired) electrons. The van der Waals surface area contributed by atoms with Crippen LogP contribution in [0.2, 0.25) is 0 Å². The van der Waals surface area contributed by atoms with Crippen LogP contribution in [0.3, 0.4) is 0 Å². The molecule has 1 aliphatic rings. The molecule has 0 spiro atoms. The third kappa shape index (κ3) is 2.51. The van der Waals surface area contributed by atoms with Gasteiger partial charge >= 0.3 is 11.3 Å². The predicted molar refractivity (Wildman–Crippen MR) is 114 cm³/mol. The molecule has 6 rings (SSSR count). The van der Waals surface area contributed by atoms with Crippen molar-refractivity contribution < 1.29 is 18.7 Å². The monoisotopic (exact) mass is 410 g/mol. The lowest BCUT2D eigenvalue weighted by atomic mass is 9.83. The second-order valence-electron chi connectivity index (χ2n) is 7.38. The van der Waals surface area contributed by atoms with Gasteiger partial charge in [0.05, 0.1) is 27.8 Å². The van der Waals surface area contributed by atoms with Crippen molar-refractivity contribution in [2.75, 3.05) is 0 Å². The second-order valence-corrected chi connectivity index (χ2v) is 7.38. The third-order valence-electron chi connectivity index (χ3n) is 5.61. The van der Waals surface area contributed by atoms with Gasteiger partial charge < -0.3 is 18.7 Å². The summed E-state index contributed by atoms with van der Waals surface area (Å²) < 4.78 is 17.4. The molecule has 0 saturated carbocycles. The molecular formula is C25H14O6. The Labute approximate surface area is 174 Å². The van der Waals surface area contributed by atoms with Crippen LogP contribution in [-0.2, 0) is 0 Å². The van der Waals surface area contributed by atoms with Crippen LogP contribution in [0.5, 0.6) is 17.2 Å². The van der Waals surface area contributed by atoms with Crippen LogP contribution < -0.4 is 16.0 Å². The fourth-order valence-corrected chi connectivity index (χ4v) is 4.24. The van der Waals surface area contributed by atoms with E-state index in [0.29, 0.717) is 39.0 Å². The highest BCUT2D eigenvalue weighted by Gasteiger charge is 2.37. The zero-order valence-electron chi connectivity index (χ0n) is 16.0. The number of phenols is 1. The Balaban J connectivity index is 1.79. The zero-order valence-corrected chi connectivity index (χ0v) is 16.0. The first-order chi connectivity index (χ1) is 15.1. The SMILES string of the molecule is O=c1oc2ccccc2c2c1C(c1ccc(O)cc1)c1c(c3ccccc3oc1=O)O2. The van der Waals surface area contributed by atoms with Crippen LogP contribution >= 0.6 is 0 Å². The minimum absolute atomic E-state index is 0.0762. The van der Waals surface area contributed by atoms with Crippen molar-refractivity contribution in [1.82, 2.24) is 0 Å². The number of hydrogen-bond donors (Lipinski definition) is 1. The van der Waals surface area contributed by atoms with Crippen molar-refractivity contribution in [2.45, 2.75) is 5.92 Å². The fourth-order valence-electron chi connectivity index (χ4n) is 4.24. The molecule has 1 aliphatic heterocycles. The van der Waals surface area contributed by atoms with Gasteiger partial charge in [0.15, 0.2) is 0 Å². The van der Waals surface area contributed by atoms with E-state index in [1.165, 1.54) is 12.1 Å². The molecule has 0 fully saturated rings. The Hall–Kier alpha value is -4.32. The van der Waals surface area contributed by atoms with Gasteiger partial charge in [-0.3, -0.25) is 0 Å². The van der Waals surface area contributed by atoms with E-state index in [1.54, 1.807) is 36.4 Å². The van der Waals surface area contributed by atoms with Crippen molar-refractivity contribution >= 4 is 21.9 Å². The maximum atomic E-state index is 13.1. The molecule has 0 amide bonds. The van der Waals surface area contributed by atoms with E-state index >= 15 is 0 Å². The molecule has 6 heteroatoms. The van der Waals surface area contributed by atoms with Crippen LogP contribution in [0.15, 0.2) is 91.2 Å². The summed E-state index contributed by atoms with van der Waals surface area (Å²) in [6, 6.07) is 20.6. The topological polar surface area (TPSA) is 89.9 Å². The standard InChI is InChI=1S/C25H14O6/c26-14-11-9-13(10-12-14)19-20-22(15-5-1-3-7-17(15)29-24(20)27)31-23-16-6-2-4-8-18(16)30-25(28)21(19)23/h1-12,19,26H. The quantitative estimate of drug-likeness (QED) is 0.388. The van der Waals surface area contributed by atoms with E-state index in [0.717, 1.165) is 0 Å². The zero-order chi connectivity index (χ0) is 21.1. The van der Waals surface area contributed by atoms with Gasteiger partial charge in [-0.2, -0.15) is 0 Å². The third-order valence-corrected chi connectivity index (χ3v) is 5.61. The maximum Gasteiger partial charge on any atom is 0.344 e. The Morgan fingerprint density at radius 2 is 1.13 bits per heavy atom. The summed E-state index contributed by atoms with van der Waals surface area (Å²) in [5, 5.41) is 11.0. The Morgan fingerprint density at radius 1 is 0.645 bits per heavy atom. The molecule has 2 aromatic heterocycles. The molecule has 0 atom stereocenters. The summed E-state index contributed by atoms with van der Waals surface area (Å²) in [5.41, 5.74) is 0.681. The number of aromatic hydroxyl groups is 1. The summed E-state index contributed by atoms with van der Waals surface area (Å²) in [7, 11) is 0. The second kappa shape index (κ2) is 6.34. The average molecular weight is 410 g/mol. The van der Waals surface area contributed by atoms with E-state index in [1.807, 2.05) is 24.3 Å². The molecule has 0 bridgehead atoms. The first-order valence-corrected chi connectivity index (χ1v) is 9.70. The van der Waals surface area contributed by atoms with Gasteiger partial charge in [0, 0.05) is 0 Å². The predicted octanol–water partition coefficient (Wildman–Crippen LogP) is 4.89. The molecule has 0 aliphatic carbocycles. The molecule has 6 nitrogen and oxygen atoms in total. The average Bonchev–Trinajstić information content (AvgIpc) is 2.79. The lowest BCUT2D eigenvalue weighted by molar-refractivity contribution is 0.428. The molecule has 150 valence electrons. The smallest absolute Gasteiger partial charge is 0.344 e. The largest absolute Gasteiger partial charge is 0.508 e. The Morgan fingerprint density at radius 3 is 1.65 bits per heavy atom. The maximum absolute atomic E-state index is 13.1. The van der Waals surface area contributed by atoms with Crippen LogP contribution in [0.1, 0.15) is 22.6 Å². The number of benzene rings is 3. The lowest BCUT2D eigenvalue weighted by Gasteiger charge is -2.27. The Bertz CT molecular complexity index is 1510. The van der Waals surface area contributed by atoms with Crippen molar-refractivity contribution in [2.24, 2.45) is 0 Å². The summed E-state index contributed by atoms with van der Waals surface area (Å²) in [5.74, 6) is 0.00904. The first kappa shape index (κ1) is 17.5. The van der Waals surface area contributed by atoms with Gasteiger partial charge in [-0.1, -0.05) is 36.4 Å². The summed E-state index contributed by atoms with van der Waals surface area (Å²) in [4.78, 5) is 26.2. The van der Waals surface area contributed by atoms with E-state index in [-0.39, 0.29) is 16.9 Å². The number of fused-ring (bicyclic) bond motifs is 6. The molecule has 0 unspecified atom stereocenters. The number of phenolic OH excluding ortho intramolecular Hbond substituents is 1. The Kier molecular flexibility index (Phi) is 3.58. The minimum atomic E-state index is -0.777. The minimum Gasteiger partial charge on any atom is -0.508 e. The normalized spacial score (nSPS) is 13.0. The van der Waals surface area contributed by atoms with Gasteiger partial charge in [-0.15, -0.1) is 0 Å².